The van der Waals surface area contributed by atoms with E-state index in [4.69, 9.17) is 4.74 Å². The molecule has 0 radical (unpaired) electrons. The molecule has 0 aromatic carbocycles. The molecule has 0 aliphatic heterocycles. The molecule has 15 heavy (non-hydrogen) atoms. The van der Waals surface area contributed by atoms with Gasteiger partial charge in [0, 0.05) is 5.25 Å². The molecule has 0 spiro atoms. The molecule has 0 aliphatic rings. The summed E-state index contributed by atoms with van der Waals surface area (Å²) < 4.78 is 9.68. The second-order valence-electron chi connectivity index (χ2n) is 3.24. The van der Waals surface area contributed by atoms with E-state index in [2.05, 4.69) is 9.36 Å². The molecule has 2 unspecified atom stereocenters. The van der Waals surface area contributed by atoms with Crippen molar-refractivity contribution in [2.24, 2.45) is 5.92 Å². The van der Waals surface area contributed by atoms with Gasteiger partial charge in [0.1, 0.15) is 5.82 Å². The van der Waals surface area contributed by atoms with Crippen LogP contribution in [-0.4, -0.2) is 27.7 Å². The third-order valence-corrected chi connectivity index (χ3v) is 4.26. The third-order valence-electron chi connectivity index (χ3n) is 2.07. The van der Waals surface area contributed by atoms with Crippen molar-refractivity contribution in [1.82, 2.24) is 9.36 Å². The maximum absolute atomic E-state index is 11.3. The van der Waals surface area contributed by atoms with Gasteiger partial charge in [-0.05, 0) is 18.5 Å². The van der Waals surface area contributed by atoms with Gasteiger partial charge in [0.2, 0.25) is 0 Å². The molecule has 6 heteroatoms. The van der Waals surface area contributed by atoms with Crippen LogP contribution in [0.5, 0.6) is 0 Å². The van der Waals surface area contributed by atoms with E-state index < -0.39 is 0 Å². The lowest BCUT2D eigenvalue weighted by Crippen LogP contribution is -2.21. The van der Waals surface area contributed by atoms with Crippen molar-refractivity contribution < 1.29 is 9.53 Å². The number of carbonyl (C=O) groups excluding carboxylic acids is 1. The molecule has 0 aliphatic carbocycles. The van der Waals surface area contributed by atoms with Gasteiger partial charge in [-0.15, -0.1) is 0 Å². The van der Waals surface area contributed by atoms with Crippen molar-refractivity contribution in [2.45, 2.75) is 30.4 Å². The Hall–Kier alpha value is -0.620. The molecule has 0 saturated heterocycles. The Balaban J connectivity index is 2.55. The first-order chi connectivity index (χ1) is 7.04. The van der Waals surface area contributed by atoms with Crippen molar-refractivity contribution in [3.05, 3.63) is 5.82 Å². The lowest BCUT2D eigenvalue weighted by Gasteiger charge is -2.15. The molecule has 0 amide bonds. The predicted molar refractivity (Wildman–Crippen MR) is 61.1 cm³/mol. The van der Waals surface area contributed by atoms with Crippen LogP contribution >= 0.6 is 23.3 Å². The van der Waals surface area contributed by atoms with Gasteiger partial charge in [-0.1, -0.05) is 25.6 Å². The standard InChI is InChI=1S/C9H14N2O2S2/c1-5(8(12)13-4)6(2)14-9-10-7(3)11-15-9/h5-6H,1-4H3. The van der Waals surface area contributed by atoms with Gasteiger partial charge < -0.3 is 4.74 Å². The fourth-order valence-corrected chi connectivity index (χ4v) is 2.95. The van der Waals surface area contributed by atoms with Crippen molar-refractivity contribution in [1.29, 1.82) is 0 Å². The van der Waals surface area contributed by atoms with Gasteiger partial charge >= 0.3 is 5.97 Å². The molecule has 0 saturated carbocycles. The smallest absolute Gasteiger partial charge is 0.309 e. The number of carbonyl (C=O) groups is 1. The van der Waals surface area contributed by atoms with Crippen LogP contribution < -0.4 is 0 Å². The number of methoxy groups -OCH3 is 1. The zero-order chi connectivity index (χ0) is 11.4. The number of nitrogens with zero attached hydrogens (tertiary/aromatic N) is 2. The molecule has 1 aromatic rings. The first-order valence-electron chi connectivity index (χ1n) is 4.59. The average Bonchev–Trinajstić information content (AvgIpc) is 2.61. The quantitative estimate of drug-likeness (QED) is 0.602. The number of thioether (sulfide) groups is 1. The number of aryl methyl sites for hydroxylation is 1. The zero-order valence-electron chi connectivity index (χ0n) is 9.18. The number of aromatic nitrogens is 2. The topological polar surface area (TPSA) is 52.1 Å². The first-order valence-corrected chi connectivity index (χ1v) is 6.24. The molecular formula is C9H14N2O2S2. The molecule has 1 rings (SSSR count). The van der Waals surface area contributed by atoms with E-state index in [1.54, 1.807) is 11.8 Å². The van der Waals surface area contributed by atoms with Gasteiger partial charge in [-0.3, -0.25) is 4.79 Å². The van der Waals surface area contributed by atoms with E-state index in [-0.39, 0.29) is 17.1 Å². The van der Waals surface area contributed by atoms with Crippen LogP contribution in [0.1, 0.15) is 19.7 Å². The van der Waals surface area contributed by atoms with E-state index in [0.717, 1.165) is 10.2 Å². The minimum absolute atomic E-state index is 0.135. The molecular weight excluding hydrogens is 232 g/mol. The van der Waals surface area contributed by atoms with Crippen LogP contribution in [-0.2, 0) is 9.53 Å². The van der Waals surface area contributed by atoms with Gasteiger partial charge in [0.25, 0.3) is 0 Å². The molecule has 2 atom stereocenters. The molecule has 0 N–H and O–H groups in total. The molecule has 1 heterocycles. The van der Waals surface area contributed by atoms with E-state index in [1.165, 1.54) is 18.6 Å². The summed E-state index contributed by atoms with van der Waals surface area (Å²) in [6.45, 7) is 5.70. The fourth-order valence-electron chi connectivity index (χ4n) is 0.965. The Morgan fingerprint density at radius 2 is 2.20 bits per heavy atom. The molecule has 0 bridgehead atoms. The Labute approximate surface area is 97.6 Å². The summed E-state index contributed by atoms with van der Waals surface area (Å²) in [6.07, 6.45) is 0. The normalized spacial score (nSPS) is 14.7. The number of hydrogen-bond donors (Lipinski definition) is 0. The maximum atomic E-state index is 11.3. The highest BCUT2D eigenvalue weighted by atomic mass is 32.2. The highest BCUT2D eigenvalue weighted by molar-refractivity contribution is 8.01. The summed E-state index contributed by atoms with van der Waals surface area (Å²) in [5.41, 5.74) is 0. The van der Waals surface area contributed by atoms with E-state index in [9.17, 15) is 4.79 Å². The summed E-state index contributed by atoms with van der Waals surface area (Å²) in [4.78, 5) is 15.5. The lowest BCUT2D eigenvalue weighted by molar-refractivity contribution is -0.144. The van der Waals surface area contributed by atoms with Gasteiger partial charge in [0.05, 0.1) is 13.0 Å². The largest absolute Gasteiger partial charge is 0.469 e. The minimum atomic E-state index is -0.184. The number of rotatable bonds is 4. The number of esters is 1. The van der Waals surface area contributed by atoms with E-state index >= 15 is 0 Å². The van der Waals surface area contributed by atoms with E-state index in [0.29, 0.717) is 0 Å². The van der Waals surface area contributed by atoms with Gasteiger partial charge in [-0.25, -0.2) is 4.98 Å². The maximum Gasteiger partial charge on any atom is 0.309 e. The van der Waals surface area contributed by atoms with Crippen LogP contribution in [0.3, 0.4) is 0 Å². The van der Waals surface area contributed by atoms with Crippen molar-refractivity contribution in [3.63, 3.8) is 0 Å². The summed E-state index contributed by atoms with van der Waals surface area (Å²) in [7, 11) is 1.41. The SMILES string of the molecule is COC(=O)C(C)C(C)Sc1nc(C)ns1. The van der Waals surface area contributed by atoms with Crippen LogP contribution in [0.2, 0.25) is 0 Å². The average molecular weight is 246 g/mol. The Morgan fingerprint density at radius 1 is 1.53 bits per heavy atom. The summed E-state index contributed by atoms with van der Waals surface area (Å²) in [5, 5.41) is 0.143. The van der Waals surface area contributed by atoms with Crippen molar-refractivity contribution in [2.75, 3.05) is 7.11 Å². The summed E-state index contributed by atoms with van der Waals surface area (Å²) in [5.74, 6) is 0.459. The Morgan fingerprint density at radius 3 is 2.67 bits per heavy atom. The van der Waals surface area contributed by atoms with Crippen LogP contribution in [0.4, 0.5) is 0 Å². The second-order valence-corrected chi connectivity index (χ2v) is 5.62. The third kappa shape index (κ3) is 3.46. The van der Waals surface area contributed by atoms with Gasteiger partial charge in [0.15, 0.2) is 4.34 Å². The minimum Gasteiger partial charge on any atom is -0.469 e. The van der Waals surface area contributed by atoms with E-state index in [1.807, 2.05) is 20.8 Å². The number of ether oxygens (including phenoxy) is 1. The fraction of sp³-hybridized carbons (Fsp3) is 0.667. The van der Waals surface area contributed by atoms with Crippen LogP contribution in [0.15, 0.2) is 4.34 Å². The Kier molecular flexibility index (Phi) is 4.53. The molecule has 0 fully saturated rings. The highest BCUT2D eigenvalue weighted by Gasteiger charge is 2.22. The Bertz CT molecular complexity index is 341. The molecule has 4 nitrogen and oxygen atoms in total. The van der Waals surface area contributed by atoms with Crippen LogP contribution in [0.25, 0.3) is 0 Å². The summed E-state index contributed by atoms with van der Waals surface area (Å²) >= 11 is 2.92. The highest BCUT2D eigenvalue weighted by Crippen LogP contribution is 2.29. The predicted octanol–water partition coefficient (Wildman–Crippen LogP) is 2.14. The second kappa shape index (κ2) is 5.46. The molecule has 1 aromatic heterocycles. The zero-order valence-corrected chi connectivity index (χ0v) is 10.8. The number of hydrogen-bond acceptors (Lipinski definition) is 6. The van der Waals surface area contributed by atoms with Crippen molar-refractivity contribution in [3.8, 4) is 0 Å². The summed E-state index contributed by atoms with van der Waals surface area (Å²) in [6, 6.07) is 0. The molecule has 84 valence electrons. The first kappa shape index (κ1) is 12.4. The lowest BCUT2D eigenvalue weighted by atomic mass is 10.1. The van der Waals surface area contributed by atoms with Crippen LogP contribution in [0, 0.1) is 12.8 Å². The monoisotopic (exact) mass is 246 g/mol. The van der Waals surface area contributed by atoms with Crippen molar-refractivity contribution >= 4 is 29.3 Å². The van der Waals surface area contributed by atoms with Gasteiger partial charge in [-0.2, -0.15) is 4.37 Å².